The molecule has 4 N–H and O–H groups in total. The molecule has 11 nitrogen and oxygen atoms in total. The second kappa shape index (κ2) is 17.6. The van der Waals surface area contributed by atoms with Crippen molar-refractivity contribution >= 4 is 11.8 Å². The van der Waals surface area contributed by atoms with Crippen LogP contribution in [0.2, 0.25) is 0 Å². The number of aliphatic hydroxyl groups excluding tert-OH is 1. The molecule has 4 aromatic carbocycles. The highest BCUT2D eigenvalue weighted by Gasteiger charge is 2.34. The van der Waals surface area contributed by atoms with Crippen LogP contribution in [0.25, 0.3) is 11.1 Å². The minimum absolute atomic E-state index is 0.00938. The maximum atomic E-state index is 12.3. The first-order valence-corrected chi connectivity index (χ1v) is 17.7. The van der Waals surface area contributed by atoms with Gasteiger partial charge >= 0.3 is 0 Å². The Balaban J connectivity index is 1.14. The Labute approximate surface area is 304 Å². The van der Waals surface area contributed by atoms with Crippen molar-refractivity contribution in [1.29, 1.82) is 0 Å². The molecule has 4 aromatic rings. The fraction of sp³-hybridized carbons (Fsp3) is 0.366. The molecule has 0 spiro atoms. The molecule has 0 saturated carbocycles. The smallest absolute Gasteiger partial charge is 0.243 e. The van der Waals surface area contributed by atoms with Crippen molar-refractivity contribution in [2.75, 3.05) is 27.3 Å². The van der Waals surface area contributed by atoms with Crippen molar-refractivity contribution in [1.82, 2.24) is 15.7 Å². The zero-order valence-corrected chi connectivity index (χ0v) is 29.7. The van der Waals surface area contributed by atoms with Crippen molar-refractivity contribution in [3.8, 4) is 22.6 Å². The molecule has 1 saturated heterocycles. The number of hydroxylamine groups is 1. The molecular weight excluding hydrogens is 662 g/mol. The molecule has 3 atom stereocenters. The number of nitrogens with one attached hydrogen (secondary N) is 2. The number of aliphatic hydroxyl groups is 1. The Kier molecular flexibility index (Phi) is 12.5. The van der Waals surface area contributed by atoms with Crippen molar-refractivity contribution in [2.45, 2.75) is 70.3 Å². The lowest BCUT2D eigenvalue weighted by Crippen LogP contribution is -2.41. The number of carbonyl (C=O) groups excluding carboxylic acids is 2. The van der Waals surface area contributed by atoms with Gasteiger partial charge in [-0.05, 0) is 70.0 Å². The van der Waals surface area contributed by atoms with Gasteiger partial charge < -0.3 is 29.4 Å². The molecule has 2 amide bonds. The van der Waals surface area contributed by atoms with Gasteiger partial charge in [0.15, 0.2) is 17.8 Å². The number of hydrogen-bond acceptors (Lipinski definition) is 9. The quantitative estimate of drug-likeness (QED) is 0.0952. The van der Waals surface area contributed by atoms with Crippen LogP contribution in [0.1, 0.15) is 71.5 Å². The van der Waals surface area contributed by atoms with E-state index in [1.807, 2.05) is 60.7 Å². The van der Waals surface area contributed by atoms with Crippen molar-refractivity contribution < 1.29 is 38.9 Å². The fourth-order valence-electron chi connectivity index (χ4n) is 6.87. The molecule has 0 aliphatic carbocycles. The van der Waals surface area contributed by atoms with Gasteiger partial charge in [0.25, 0.3) is 0 Å². The molecule has 2 aliphatic rings. The van der Waals surface area contributed by atoms with E-state index in [1.165, 1.54) is 11.1 Å². The van der Waals surface area contributed by atoms with E-state index in [-0.39, 0.29) is 37.6 Å². The highest BCUT2D eigenvalue weighted by atomic mass is 16.7. The standard InChI is InChI=1S/C41H47N3O8/c1-49-37-20-33-17-18-44(24-34(33)21-38(37)50-2)25-35-22-36(30-11-9-27(26-45)10-12-30)52-41(51-35)31-15-13-29(14-16-31)32-6-3-5-28(19-32)23-42-39(46)7-4-8-40(47)43-48/h3,5-6,9-16,19-21,35-36,41,45,48H,4,7-8,17-18,22-26H2,1-2H3,(H,42,46)(H,43,47)/t35-,36+,41+/m0/s1. The summed E-state index contributed by atoms with van der Waals surface area (Å²) in [6.45, 7) is 2.80. The van der Waals surface area contributed by atoms with Crippen LogP contribution in [0, 0.1) is 0 Å². The second-order valence-electron chi connectivity index (χ2n) is 13.3. The lowest BCUT2D eigenvalue weighted by Gasteiger charge is -2.39. The van der Waals surface area contributed by atoms with Crippen molar-refractivity contribution in [3.63, 3.8) is 0 Å². The molecule has 0 radical (unpaired) electrons. The molecule has 0 unspecified atom stereocenters. The fourth-order valence-corrected chi connectivity index (χ4v) is 6.87. The van der Waals surface area contributed by atoms with Crippen LogP contribution in [0.15, 0.2) is 84.9 Å². The van der Waals surface area contributed by atoms with E-state index in [4.69, 9.17) is 24.2 Å². The summed E-state index contributed by atoms with van der Waals surface area (Å²) in [4.78, 5) is 25.9. The predicted molar refractivity (Wildman–Crippen MR) is 194 cm³/mol. The number of methoxy groups -OCH3 is 2. The molecular formula is C41H47N3O8. The Hall–Kier alpha value is -4.78. The SMILES string of the molecule is COc1cc2c(cc1OC)CN(C[C@@H]1C[C@H](c3ccc(CO)cc3)O[C@H](c3ccc(-c4cccc(CNC(=O)CCCC(=O)NO)c4)cc3)O1)CC2. The molecule has 1 fully saturated rings. The van der Waals surface area contributed by atoms with Gasteiger partial charge in [-0.1, -0.05) is 66.7 Å². The number of ether oxygens (including phenoxy) is 4. The van der Waals surface area contributed by atoms with Crippen molar-refractivity contribution in [2.24, 2.45) is 0 Å². The van der Waals surface area contributed by atoms with Crippen LogP contribution >= 0.6 is 0 Å². The zero-order chi connectivity index (χ0) is 36.5. The molecule has 2 heterocycles. The lowest BCUT2D eigenvalue weighted by atomic mass is 9.96. The third-order valence-corrected chi connectivity index (χ3v) is 9.74. The zero-order valence-electron chi connectivity index (χ0n) is 29.7. The monoisotopic (exact) mass is 709 g/mol. The molecule has 52 heavy (non-hydrogen) atoms. The summed E-state index contributed by atoms with van der Waals surface area (Å²) < 4.78 is 24.4. The number of hydrogen-bond donors (Lipinski definition) is 4. The maximum Gasteiger partial charge on any atom is 0.243 e. The first kappa shape index (κ1) is 37.0. The van der Waals surface area contributed by atoms with Gasteiger partial charge in [-0.15, -0.1) is 0 Å². The molecule has 0 bridgehead atoms. The van der Waals surface area contributed by atoms with Gasteiger partial charge in [-0.3, -0.25) is 19.7 Å². The highest BCUT2D eigenvalue weighted by Crippen LogP contribution is 2.40. The topological polar surface area (TPSA) is 139 Å². The van der Waals surface area contributed by atoms with E-state index in [2.05, 4.69) is 34.5 Å². The third-order valence-electron chi connectivity index (χ3n) is 9.74. The van der Waals surface area contributed by atoms with Crippen LogP contribution in [0.3, 0.4) is 0 Å². The summed E-state index contributed by atoms with van der Waals surface area (Å²) in [5, 5.41) is 21.1. The summed E-state index contributed by atoms with van der Waals surface area (Å²) in [6.07, 6.45) is 1.42. The van der Waals surface area contributed by atoms with E-state index in [0.717, 1.165) is 70.9 Å². The summed E-state index contributed by atoms with van der Waals surface area (Å²) in [6, 6.07) is 28.3. The number of nitrogens with zero attached hydrogens (tertiary/aromatic N) is 1. The number of amides is 2. The van der Waals surface area contributed by atoms with Gasteiger partial charge in [0.1, 0.15) is 0 Å². The van der Waals surface area contributed by atoms with E-state index in [1.54, 1.807) is 19.7 Å². The number of rotatable bonds is 14. The minimum Gasteiger partial charge on any atom is -0.493 e. The van der Waals surface area contributed by atoms with Gasteiger partial charge in [0.2, 0.25) is 11.8 Å². The van der Waals surface area contributed by atoms with Gasteiger partial charge in [0, 0.05) is 51.0 Å². The molecule has 11 heteroatoms. The van der Waals surface area contributed by atoms with Crippen LogP contribution in [0.5, 0.6) is 11.5 Å². The third kappa shape index (κ3) is 9.36. The number of fused-ring (bicyclic) bond motifs is 1. The molecule has 0 aromatic heterocycles. The van der Waals surface area contributed by atoms with Crippen LogP contribution in [-0.4, -0.2) is 60.4 Å². The van der Waals surface area contributed by atoms with E-state index < -0.39 is 12.2 Å². The Bertz CT molecular complexity index is 1810. The average Bonchev–Trinajstić information content (AvgIpc) is 3.19. The predicted octanol–water partition coefficient (Wildman–Crippen LogP) is 5.76. The second-order valence-corrected chi connectivity index (χ2v) is 13.3. The maximum absolute atomic E-state index is 12.3. The van der Waals surface area contributed by atoms with Crippen LogP contribution < -0.4 is 20.3 Å². The average molecular weight is 710 g/mol. The summed E-state index contributed by atoms with van der Waals surface area (Å²) in [7, 11) is 3.33. The largest absolute Gasteiger partial charge is 0.493 e. The number of carbonyl (C=O) groups is 2. The summed E-state index contributed by atoms with van der Waals surface area (Å²) >= 11 is 0. The summed E-state index contributed by atoms with van der Waals surface area (Å²) in [5.74, 6) is 0.829. The lowest BCUT2D eigenvalue weighted by molar-refractivity contribution is -0.253. The highest BCUT2D eigenvalue weighted by molar-refractivity contribution is 5.78. The molecule has 274 valence electrons. The van der Waals surface area contributed by atoms with E-state index in [9.17, 15) is 14.7 Å². The normalized spacial score (nSPS) is 18.7. The Morgan fingerprint density at radius 3 is 2.25 bits per heavy atom. The molecule has 2 aliphatic heterocycles. The van der Waals surface area contributed by atoms with Gasteiger partial charge in [-0.25, -0.2) is 5.48 Å². The van der Waals surface area contributed by atoms with Gasteiger partial charge in [0.05, 0.1) is 33.0 Å². The first-order valence-electron chi connectivity index (χ1n) is 17.7. The first-order chi connectivity index (χ1) is 25.3. The molecule has 6 rings (SSSR count). The minimum atomic E-state index is -0.568. The number of benzene rings is 4. The van der Waals surface area contributed by atoms with Crippen LogP contribution in [-0.2, 0) is 45.2 Å². The van der Waals surface area contributed by atoms with E-state index in [0.29, 0.717) is 19.4 Å². The van der Waals surface area contributed by atoms with Gasteiger partial charge in [-0.2, -0.15) is 0 Å². The summed E-state index contributed by atoms with van der Waals surface area (Å²) in [5.41, 5.74) is 9.91. The van der Waals surface area contributed by atoms with Crippen molar-refractivity contribution in [3.05, 3.63) is 118 Å². The van der Waals surface area contributed by atoms with Crippen LogP contribution in [0.4, 0.5) is 0 Å². The Morgan fingerprint density at radius 1 is 0.827 bits per heavy atom. The Morgan fingerprint density at radius 2 is 1.54 bits per heavy atom. The van der Waals surface area contributed by atoms with E-state index >= 15 is 0 Å².